The van der Waals surface area contributed by atoms with E-state index >= 15 is 0 Å². The third-order valence-corrected chi connectivity index (χ3v) is 4.79. The lowest BCUT2D eigenvalue weighted by Crippen LogP contribution is -2.35. The molecule has 2 aromatic carbocycles. The molecule has 0 aliphatic carbocycles. The number of hydrogen-bond acceptors (Lipinski definition) is 3. The topological polar surface area (TPSA) is 43.9 Å². The highest BCUT2D eigenvalue weighted by molar-refractivity contribution is 5.95. The zero-order valence-corrected chi connectivity index (χ0v) is 15.7. The molecule has 0 atom stereocenters. The molecule has 2 aromatic rings. The predicted molar refractivity (Wildman–Crippen MR) is 103 cm³/mol. The second kappa shape index (κ2) is 8.20. The van der Waals surface area contributed by atoms with Crippen LogP contribution in [0.3, 0.4) is 0 Å². The molecule has 1 aliphatic rings. The van der Waals surface area contributed by atoms with E-state index in [0.29, 0.717) is 38.2 Å². The Balaban J connectivity index is 1.65. The number of amides is 2. The van der Waals surface area contributed by atoms with Crippen molar-refractivity contribution in [3.63, 3.8) is 0 Å². The van der Waals surface area contributed by atoms with Gasteiger partial charge in [-0.05, 0) is 42.0 Å². The molecule has 3 rings (SSSR count). The minimum absolute atomic E-state index is 0.0116. The largest absolute Gasteiger partial charge is 0.378 e. The number of benzene rings is 2. The van der Waals surface area contributed by atoms with Crippen LogP contribution in [0, 0.1) is 5.82 Å². The van der Waals surface area contributed by atoms with Gasteiger partial charge >= 0.3 is 0 Å². The maximum Gasteiger partial charge on any atom is 0.253 e. The number of rotatable bonds is 4. The summed E-state index contributed by atoms with van der Waals surface area (Å²) in [5.41, 5.74) is 2.53. The first-order valence-corrected chi connectivity index (χ1v) is 9.03. The summed E-state index contributed by atoms with van der Waals surface area (Å²) in [5.74, 6) is -0.340. The molecular formula is C21H24FN3O2. The van der Waals surface area contributed by atoms with E-state index < -0.39 is 0 Å². The molecule has 0 bridgehead atoms. The molecule has 0 radical (unpaired) electrons. The molecule has 2 amide bonds. The zero-order valence-electron chi connectivity index (χ0n) is 15.7. The van der Waals surface area contributed by atoms with E-state index in [9.17, 15) is 14.0 Å². The van der Waals surface area contributed by atoms with Crippen LogP contribution in [0.4, 0.5) is 10.1 Å². The van der Waals surface area contributed by atoms with Crippen molar-refractivity contribution < 1.29 is 14.0 Å². The van der Waals surface area contributed by atoms with Crippen LogP contribution in [0.15, 0.2) is 48.5 Å². The Bertz CT molecular complexity index is 803. The second-order valence-corrected chi connectivity index (χ2v) is 6.93. The summed E-state index contributed by atoms with van der Waals surface area (Å²) < 4.78 is 13.0. The van der Waals surface area contributed by atoms with Crippen molar-refractivity contribution in [2.45, 2.75) is 13.0 Å². The van der Waals surface area contributed by atoms with Crippen LogP contribution in [0.25, 0.3) is 0 Å². The van der Waals surface area contributed by atoms with Gasteiger partial charge in [0.1, 0.15) is 5.82 Å². The molecule has 142 valence electrons. The summed E-state index contributed by atoms with van der Waals surface area (Å²) in [6, 6.07) is 13.6. The molecule has 1 saturated heterocycles. The standard InChI is InChI=1S/C21H24FN3O2/c1-23(2)19-9-5-17(6-10-19)21(27)24-12-11-20(26)25(14-13-24)15-16-3-7-18(22)8-4-16/h3-10H,11-15H2,1-2H3. The summed E-state index contributed by atoms with van der Waals surface area (Å²) in [6.45, 7) is 1.80. The molecule has 1 heterocycles. The summed E-state index contributed by atoms with van der Waals surface area (Å²) in [5, 5.41) is 0. The first-order chi connectivity index (χ1) is 12.9. The Labute approximate surface area is 159 Å². The Morgan fingerprint density at radius 3 is 2.30 bits per heavy atom. The van der Waals surface area contributed by atoms with Gasteiger partial charge in [-0.3, -0.25) is 9.59 Å². The molecule has 1 aliphatic heterocycles. The highest BCUT2D eigenvalue weighted by atomic mass is 19.1. The van der Waals surface area contributed by atoms with Crippen molar-refractivity contribution in [2.75, 3.05) is 38.6 Å². The van der Waals surface area contributed by atoms with Crippen molar-refractivity contribution in [1.29, 1.82) is 0 Å². The van der Waals surface area contributed by atoms with Crippen molar-refractivity contribution in [3.05, 3.63) is 65.5 Å². The molecule has 27 heavy (non-hydrogen) atoms. The zero-order chi connectivity index (χ0) is 19.4. The maximum absolute atomic E-state index is 13.0. The normalized spacial score (nSPS) is 14.9. The fraction of sp³-hybridized carbons (Fsp3) is 0.333. The van der Waals surface area contributed by atoms with Gasteiger partial charge in [-0.25, -0.2) is 4.39 Å². The summed E-state index contributed by atoms with van der Waals surface area (Å²) in [4.78, 5) is 30.6. The minimum Gasteiger partial charge on any atom is -0.378 e. The molecule has 0 aromatic heterocycles. The smallest absolute Gasteiger partial charge is 0.253 e. The van der Waals surface area contributed by atoms with Crippen LogP contribution in [-0.4, -0.2) is 55.3 Å². The Morgan fingerprint density at radius 2 is 1.67 bits per heavy atom. The van der Waals surface area contributed by atoms with Gasteiger partial charge in [-0.2, -0.15) is 0 Å². The van der Waals surface area contributed by atoms with E-state index in [4.69, 9.17) is 0 Å². The van der Waals surface area contributed by atoms with Crippen LogP contribution in [-0.2, 0) is 11.3 Å². The monoisotopic (exact) mass is 369 g/mol. The predicted octanol–water partition coefficient (Wildman–Crippen LogP) is 2.77. The quantitative estimate of drug-likeness (QED) is 0.832. The SMILES string of the molecule is CN(C)c1ccc(C(=O)N2CCC(=O)N(Cc3ccc(F)cc3)CC2)cc1. The molecule has 0 spiro atoms. The van der Waals surface area contributed by atoms with Crippen molar-refractivity contribution in [3.8, 4) is 0 Å². The first-order valence-electron chi connectivity index (χ1n) is 9.03. The molecule has 6 heteroatoms. The van der Waals surface area contributed by atoms with Crippen LogP contribution < -0.4 is 4.90 Å². The molecule has 1 fully saturated rings. The minimum atomic E-state index is -0.294. The van der Waals surface area contributed by atoms with Gasteiger partial charge in [-0.15, -0.1) is 0 Å². The molecule has 0 unspecified atom stereocenters. The van der Waals surface area contributed by atoms with Gasteiger partial charge in [0.2, 0.25) is 5.91 Å². The van der Waals surface area contributed by atoms with E-state index in [1.165, 1.54) is 12.1 Å². The van der Waals surface area contributed by atoms with Gasteiger partial charge in [0.15, 0.2) is 0 Å². The fourth-order valence-electron chi connectivity index (χ4n) is 3.13. The van der Waals surface area contributed by atoms with E-state index in [2.05, 4.69) is 0 Å². The summed E-state index contributed by atoms with van der Waals surface area (Å²) in [7, 11) is 3.90. The number of nitrogens with zero attached hydrogens (tertiary/aromatic N) is 3. The van der Waals surface area contributed by atoms with Crippen LogP contribution in [0.5, 0.6) is 0 Å². The van der Waals surface area contributed by atoms with E-state index in [-0.39, 0.29) is 17.6 Å². The van der Waals surface area contributed by atoms with E-state index in [0.717, 1.165) is 11.3 Å². The van der Waals surface area contributed by atoms with Crippen molar-refractivity contribution in [2.24, 2.45) is 0 Å². The highest BCUT2D eigenvalue weighted by Gasteiger charge is 2.24. The Morgan fingerprint density at radius 1 is 1.00 bits per heavy atom. The molecule has 0 N–H and O–H groups in total. The van der Waals surface area contributed by atoms with Crippen LogP contribution >= 0.6 is 0 Å². The average molecular weight is 369 g/mol. The Hall–Kier alpha value is -2.89. The molecular weight excluding hydrogens is 345 g/mol. The van der Waals surface area contributed by atoms with Gasteiger partial charge in [0.25, 0.3) is 5.91 Å². The van der Waals surface area contributed by atoms with Gasteiger partial charge in [-0.1, -0.05) is 12.1 Å². The number of carbonyl (C=O) groups excluding carboxylic acids is 2. The molecule has 0 saturated carbocycles. The number of anilines is 1. The lowest BCUT2D eigenvalue weighted by atomic mass is 10.1. The van der Waals surface area contributed by atoms with E-state index in [1.807, 2.05) is 43.3 Å². The lowest BCUT2D eigenvalue weighted by Gasteiger charge is -2.22. The third-order valence-electron chi connectivity index (χ3n) is 4.79. The second-order valence-electron chi connectivity index (χ2n) is 6.93. The summed E-state index contributed by atoms with van der Waals surface area (Å²) in [6.07, 6.45) is 0.294. The van der Waals surface area contributed by atoms with Crippen molar-refractivity contribution in [1.82, 2.24) is 9.80 Å². The molecule has 5 nitrogen and oxygen atoms in total. The van der Waals surface area contributed by atoms with Gasteiger partial charge < -0.3 is 14.7 Å². The average Bonchev–Trinajstić information content (AvgIpc) is 2.85. The fourth-order valence-corrected chi connectivity index (χ4v) is 3.13. The van der Waals surface area contributed by atoms with Gasteiger partial charge in [0, 0.05) is 57.9 Å². The summed E-state index contributed by atoms with van der Waals surface area (Å²) >= 11 is 0. The van der Waals surface area contributed by atoms with Gasteiger partial charge in [0.05, 0.1) is 0 Å². The Kier molecular flexibility index (Phi) is 5.74. The van der Waals surface area contributed by atoms with Crippen LogP contribution in [0.1, 0.15) is 22.3 Å². The maximum atomic E-state index is 13.0. The van der Waals surface area contributed by atoms with E-state index in [1.54, 1.807) is 21.9 Å². The van der Waals surface area contributed by atoms with Crippen LogP contribution in [0.2, 0.25) is 0 Å². The first kappa shape index (κ1) is 18.9. The number of halogens is 1. The number of hydrogen-bond donors (Lipinski definition) is 0. The number of carbonyl (C=O) groups is 2. The third kappa shape index (κ3) is 4.64. The lowest BCUT2D eigenvalue weighted by molar-refractivity contribution is -0.130. The van der Waals surface area contributed by atoms with Crippen molar-refractivity contribution >= 4 is 17.5 Å². The highest BCUT2D eigenvalue weighted by Crippen LogP contribution is 2.16.